The number of anilines is 1. The van der Waals surface area contributed by atoms with Crippen LogP contribution in [0.1, 0.15) is 21.5 Å². The number of carbonyl (C=O) groups excluding carboxylic acids is 1. The maximum Gasteiger partial charge on any atom is 0.270 e. The summed E-state index contributed by atoms with van der Waals surface area (Å²) < 4.78 is 0. The molecule has 1 N–H and O–H groups in total. The summed E-state index contributed by atoms with van der Waals surface area (Å²) in [6.45, 7) is 4.07. The second-order valence-electron chi connectivity index (χ2n) is 5.71. The van der Waals surface area contributed by atoms with Crippen LogP contribution in [-0.2, 0) is 0 Å². The van der Waals surface area contributed by atoms with Gasteiger partial charge in [0.05, 0.1) is 21.2 Å². The number of nitro groups is 1. The lowest BCUT2D eigenvalue weighted by Crippen LogP contribution is -2.12. The lowest BCUT2D eigenvalue weighted by atomic mass is 10.1. The summed E-state index contributed by atoms with van der Waals surface area (Å²) in [7, 11) is 0. The first-order chi connectivity index (χ1) is 12.3. The highest BCUT2D eigenvalue weighted by Gasteiger charge is 2.16. The van der Waals surface area contributed by atoms with Crippen molar-refractivity contribution in [3.05, 3.63) is 73.6 Å². The number of benzene rings is 2. The van der Waals surface area contributed by atoms with Gasteiger partial charge in [0.1, 0.15) is 0 Å². The molecule has 0 spiro atoms. The van der Waals surface area contributed by atoms with Crippen LogP contribution in [0.3, 0.4) is 0 Å². The van der Waals surface area contributed by atoms with E-state index in [1.165, 1.54) is 34.6 Å². The van der Waals surface area contributed by atoms with E-state index >= 15 is 0 Å². The Morgan fingerprint density at radius 3 is 2.62 bits per heavy atom. The van der Waals surface area contributed by atoms with Crippen molar-refractivity contribution in [2.45, 2.75) is 13.8 Å². The Labute approximate surface area is 158 Å². The van der Waals surface area contributed by atoms with Gasteiger partial charge in [0.15, 0.2) is 5.13 Å². The molecule has 1 heterocycles. The Morgan fingerprint density at radius 1 is 1.19 bits per heavy atom. The summed E-state index contributed by atoms with van der Waals surface area (Å²) in [5.74, 6) is -0.467. The molecular formula is C18H14ClN3O3S. The first-order valence-corrected chi connectivity index (χ1v) is 8.89. The molecule has 0 aliphatic rings. The maximum atomic E-state index is 12.4. The van der Waals surface area contributed by atoms with Crippen molar-refractivity contribution in [2.75, 3.05) is 5.32 Å². The van der Waals surface area contributed by atoms with Gasteiger partial charge in [0.25, 0.3) is 11.6 Å². The van der Waals surface area contributed by atoms with Crippen LogP contribution < -0.4 is 5.32 Å². The molecule has 132 valence electrons. The van der Waals surface area contributed by atoms with E-state index < -0.39 is 10.8 Å². The number of nitrogens with one attached hydrogen (secondary N) is 1. The van der Waals surface area contributed by atoms with Crippen molar-refractivity contribution in [1.82, 2.24) is 4.98 Å². The topological polar surface area (TPSA) is 85.1 Å². The molecule has 1 amide bonds. The monoisotopic (exact) mass is 387 g/mol. The number of thiazole rings is 1. The zero-order valence-electron chi connectivity index (χ0n) is 13.9. The number of amides is 1. The van der Waals surface area contributed by atoms with E-state index in [0.29, 0.717) is 5.13 Å². The summed E-state index contributed by atoms with van der Waals surface area (Å²) >= 11 is 7.28. The lowest BCUT2D eigenvalue weighted by molar-refractivity contribution is -0.384. The van der Waals surface area contributed by atoms with E-state index in [9.17, 15) is 14.9 Å². The fourth-order valence-electron chi connectivity index (χ4n) is 2.33. The average molecular weight is 388 g/mol. The number of aromatic nitrogens is 1. The van der Waals surface area contributed by atoms with Crippen LogP contribution in [0.25, 0.3) is 11.3 Å². The van der Waals surface area contributed by atoms with Gasteiger partial charge in [0, 0.05) is 23.1 Å². The summed E-state index contributed by atoms with van der Waals surface area (Å²) in [5, 5.41) is 15.7. The van der Waals surface area contributed by atoms with Gasteiger partial charge in [-0.2, -0.15) is 0 Å². The zero-order valence-corrected chi connectivity index (χ0v) is 15.5. The number of hydrogen-bond acceptors (Lipinski definition) is 5. The van der Waals surface area contributed by atoms with Gasteiger partial charge >= 0.3 is 0 Å². The van der Waals surface area contributed by atoms with Crippen LogP contribution in [0.2, 0.25) is 5.02 Å². The number of carbonyl (C=O) groups is 1. The first-order valence-electron chi connectivity index (χ1n) is 7.63. The summed E-state index contributed by atoms with van der Waals surface area (Å²) in [5.41, 5.74) is 4.09. The Morgan fingerprint density at radius 2 is 1.96 bits per heavy atom. The highest BCUT2D eigenvalue weighted by Crippen LogP contribution is 2.28. The summed E-state index contributed by atoms with van der Waals surface area (Å²) in [4.78, 5) is 27.0. The fraction of sp³-hybridized carbons (Fsp3) is 0.111. The molecule has 2 aromatic carbocycles. The van der Waals surface area contributed by atoms with Crippen molar-refractivity contribution in [3.8, 4) is 11.3 Å². The number of aryl methyl sites for hydroxylation is 2. The van der Waals surface area contributed by atoms with Crippen molar-refractivity contribution in [2.24, 2.45) is 0 Å². The van der Waals surface area contributed by atoms with Gasteiger partial charge in [-0.3, -0.25) is 20.2 Å². The molecule has 3 rings (SSSR count). The summed E-state index contributed by atoms with van der Waals surface area (Å²) in [6, 6.07) is 9.77. The minimum Gasteiger partial charge on any atom is -0.298 e. The summed E-state index contributed by atoms with van der Waals surface area (Å²) in [6.07, 6.45) is 0. The number of rotatable bonds is 4. The van der Waals surface area contributed by atoms with Gasteiger partial charge in [-0.25, -0.2) is 4.98 Å². The van der Waals surface area contributed by atoms with Crippen molar-refractivity contribution in [3.63, 3.8) is 0 Å². The SMILES string of the molecule is Cc1ccc(-c2csc(NC(=O)c3ccc([N+](=O)[O-])cc3Cl)n2)cc1C. The Bertz CT molecular complexity index is 1020. The molecule has 8 heteroatoms. The van der Waals surface area contributed by atoms with Gasteiger partial charge in [-0.1, -0.05) is 23.7 Å². The molecular weight excluding hydrogens is 374 g/mol. The number of hydrogen-bond donors (Lipinski definition) is 1. The average Bonchev–Trinajstić information content (AvgIpc) is 3.05. The van der Waals surface area contributed by atoms with Crippen LogP contribution in [0, 0.1) is 24.0 Å². The van der Waals surface area contributed by atoms with Crippen LogP contribution in [0.5, 0.6) is 0 Å². The third-order valence-corrected chi connectivity index (χ3v) is 5.01. The fourth-order valence-corrected chi connectivity index (χ4v) is 3.31. The van der Waals surface area contributed by atoms with E-state index in [-0.39, 0.29) is 16.3 Å². The van der Waals surface area contributed by atoms with Crippen molar-refractivity contribution in [1.29, 1.82) is 0 Å². The highest BCUT2D eigenvalue weighted by molar-refractivity contribution is 7.14. The molecule has 0 saturated heterocycles. The second-order valence-corrected chi connectivity index (χ2v) is 6.98. The molecule has 0 saturated carbocycles. The molecule has 6 nitrogen and oxygen atoms in total. The Balaban J connectivity index is 1.79. The molecule has 1 aromatic heterocycles. The molecule has 0 bridgehead atoms. The van der Waals surface area contributed by atoms with Gasteiger partial charge < -0.3 is 0 Å². The molecule has 3 aromatic rings. The van der Waals surface area contributed by atoms with E-state index in [4.69, 9.17) is 11.6 Å². The quantitative estimate of drug-likeness (QED) is 0.490. The van der Waals surface area contributed by atoms with Crippen LogP contribution >= 0.6 is 22.9 Å². The van der Waals surface area contributed by atoms with Gasteiger partial charge in [-0.05, 0) is 37.1 Å². The van der Waals surface area contributed by atoms with Crippen LogP contribution in [0.15, 0.2) is 41.8 Å². The largest absolute Gasteiger partial charge is 0.298 e. The third-order valence-electron chi connectivity index (χ3n) is 3.94. The zero-order chi connectivity index (χ0) is 18.8. The number of halogens is 1. The molecule has 0 fully saturated rings. The van der Waals surface area contributed by atoms with Crippen LogP contribution in [0.4, 0.5) is 10.8 Å². The van der Waals surface area contributed by atoms with Crippen LogP contribution in [-0.4, -0.2) is 15.8 Å². The molecule has 26 heavy (non-hydrogen) atoms. The Kier molecular flexibility index (Phi) is 5.01. The van der Waals surface area contributed by atoms with Gasteiger partial charge in [0.2, 0.25) is 0 Å². The van der Waals surface area contributed by atoms with Gasteiger partial charge in [-0.15, -0.1) is 11.3 Å². The molecule has 0 atom stereocenters. The number of nitro benzene ring substituents is 1. The predicted octanol–water partition coefficient (Wildman–Crippen LogP) is 5.24. The van der Waals surface area contributed by atoms with E-state index in [2.05, 4.69) is 10.3 Å². The second kappa shape index (κ2) is 7.23. The van der Waals surface area contributed by atoms with Crippen molar-refractivity contribution >= 4 is 39.7 Å². The molecule has 0 unspecified atom stereocenters. The van der Waals surface area contributed by atoms with E-state index in [1.807, 2.05) is 37.4 Å². The van der Waals surface area contributed by atoms with Crippen molar-refractivity contribution < 1.29 is 9.72 Å². The van der Waals surface area contributed by atoms with E-state index in [0.717, 1.165) is 17.3 Å². The standard InChI is InChI=1S/C18H14ClN3O3S/c1-10-3-4-12(7-11(10)2)16-9-26-18(20-16)21-17(23)14-6-5-13(22(24)25)8-15(14)19/h3-9H,1-2H3,(H,20,21,23). The Hall–Kier alpha value is -2.77. The minimum absolute atomic E-state index is 0.0163. The number of nitrogens with zero attached hydrogens (tertiary/aromatic N) is 2. The first kappa shape index (κ1) is 18.0. The predicted molar refractivity (Wildman–Crippen MR) is 103 cm³/mol. The third kappa shape index (κ3) is 3.74. The highest BCUT2D eigenvalue weighted by atomic mass is 35.5. The number of non-ortho nitro benzene ring substituents is 1. The molecule has 0 radical (unpaired) electrons. The molecule has 0 aliphatic carbocycles. The lowest BCUT2D eigenvalue weighted by Gasteiger charge is -2.04. The maximum absolute atomic E-state index is 12.4. The normalized spacial score (nSPS) is 10.6. The minimum atomic E-state index is -0.565. The molecule has 0 aliphatic heterocycles. The smallest absolute Gasteiger partial charge is 0.270 e. The van der Waals surface area contributed by atoms with E-state index in [1.54, 1.807) is 0 Å².